The highest BCUT2D eigenvalue weighted by Crippen LogP contribution is 2.27. The zero-order valence-electron chi connectivity index (χ0n) is 16.4. The van der Waals surface area contributed by atoms with E-state index in [-0.39, 0.29) is 24.0 Å². The molecule has 1 unspecified atom stereocenters. The van der Waals surface area contributed by atoms with Crippen LogP contribution in [0.4, 0.5) is 0 Å². The molecule has 154 valence electrons. The summed E-state index contributed by atoms with van der Waals surface area (Å²) in [7, 11) is 1.97. The maximum atomic E-state index is 6.25. The summed E-state index contributed by atoms with van der Waals surface area (Å²) < 4.78 is 1.87. The lowest BCUT2D eigenvalue weighted by Crippen LogP contribution is -2.40. The maximum Gasteiger partial charge on any atom is 0.193 e. The van der Waals surface area contributed by atoms with Crippen molar-refractivity contribution in [2.24, 2.45) is 12.0 Å². The normalized spacial score (nSPS) is 16.9. The fourth-order valence-electron chi connectivity index (χ4n) is 3.48. The third kappa shape index (κ3) is 6.26. The summed E-state index contributed by atoms with van der Waals surface area (Å²) in [6.45, 7) is 5.76. The van der Waals surface area contributed by atoms with E-state index in [0.29, 0.717) is 10.9 Å². The predicted octanol–water partition coefficient (Wildman–Crippen LogP) is 4.73. The Bertz CT molecular complexity index is 793. The summed E-state index contributed by atoms with van der Waals surface area (Å²) in [6, 6.07) is 5.69. The van der Waals surface area contributed by atoms with Gasteiger partial charge in [0, 0.05) is 55.4 Å². The number of hydrogen-bond acceptors (Lipinski definition) is 2. The second-order valence-electron chi connectivity index (χ2n) is 6.95. The Balaban J connectivity index is 0.00000280. The first-order chi connectivity index (χ1) is 13.1. The zero-order chi connectivity index (χ0) is 19.2. The van der Waals surface area contributed by atoms with Crippen molar-refractivity contribution in [3.63, 3.8) is 0 Å². The summed E-state index contributed by atoms with van der Waals surface area (Å²) in [5, 5.41) is 9.14. The van der Waals surface area contributed by atoms with E-state index in [0.717, 1.165) is 62.0 Å². The van der Waals surface area contributed by atoms with Gasteiger partial charge in [-0.15, -0.1) is 24.0 Å². The molecule has 28 heavy (non-hydrogen) atoms. The average molecular weight is 536 g/mol. The molecule has 1 saturated heterocycles. The molecule has 1 N–H and O–H groups in total. The van der Waals surface area contributed by atoms with Crippen molar-refractivity contribution in [1.29, 1.82) is 0 Å². The Hall–Kier alpha value is -0.990. The van der Waals surface area contributed by atoms with Crippen molar-refractivity contribution in [1.82, 2.24) is 20.0 Å². The lowest BCUT2D eigenvalue weighted by atomic mass is 10.0. The molecular weight excluding hydrogens is 508 g/mol. The number of aryl methyl sites for hydroxylation is 2. The van der Waals surface area contributed by atoms with Crippen molar-refractivity contribution in [3.8, 4) is 0 Å². The summed E-state index contributed by atoms with van der Waals surface area (Å²) in [5.41, 5.74) is 2.44. The molecule has 0 bridgehead atoms. The minimum absolute atomic E-state index is 0. The number of rotatable bonds is 6. The smallest absolute Gasteiger partial charge is 0.193 e. The van der Waals surface area contributed by atoms with Crippen molar-refractivity contribution in [3.05, 3.63) is 51.8 Å². The highest BCUT2D eigenvalue weighted by atomic mass is 127. The molecule has 0 spiro atoms. The van der Waals surface area contributed by atoms with Crippen LogP contribution in [0, 0.1) is 0 Å². The van der Waals surface area contributed by atoms with Gasteiger partial charge in [-0.3, -0.25) is 9.67 Å². The van der Waals surface area contributed by atoms with Gasteiger partial charge >= 0.3 is 0 Å². The Morgan fingerprint density at radius 2 is 2.18 bits per heavy atom. The Kier molecular flexibility index (Phi) is 9.37. The highest BCUT2D eigenvalue weighted by molar-refractivity contribution is 14.0. The molecule has 3 rings (SSSR count). The van der Waals surface area contributed by atoms with Crippen LogP contribution in [0.3, 0.4) is 0 Å². The van der Waals surface area contributed by atoms with E-state index in [9.17, 15) is 0 Å². The first-order valence-corrected chi connectivity index (χ1v) is 10.3. The van der Waals surface area contributed by atoms with E-state index in [2.05, 4.69) is 28.4 Å². The number of nitrogens with zero attached hydrogens (tertiary/aromatic N) is 4. The fraction of sp³-hybridized carbons (Fsp3) is 0.500. The zero-order valence-corrected chi connectivity index (χ0v) is 20.2. The molecule has 2 heterocycles. The van der Waals surface area contributed by atoms with E-state index < -0.39 is 0 Å². The molecule has 1 atom stereocenters. The van der Waals surface area contributed by atoms with E-state index in [1.54, 1.807) is 6.07 Å². The van der Waals surface area contributed by atoms with Crippen LogP contribution in [0.15, 0.2) is 35.6 Å². The highest BCUT2D eigenvalue weighted by Gasteiger charge is 2.26. The van der Waals surface area contributed by atoms with Crippen LogP contribution in [0.2, 0.25) is 10.0 Å². The second kappa shape index (κ2) is 11.3. The van der Waals surface area contributed by atoms with Gasteiger partial charge in [0.15, 0.2) is 5.96 Å². The van der Waals surface area contributed by atoms with Gasteiger partial charge < -0.3 is 10.2 Å². The molecule has 1 aromatic heterocycles. The second-order valence-corrected chi connectivity index (χ2v) is 7.80. The minimum Gasteiger partial charge on any atom is -0.357 e. The van der Waals surface area contributed by atoms with Crippen LogP contribution in [0.25, 0.3) is 0 Å². The van der Waals surface area contributed by atoms with Crippen LogP contribution in [-0.4, -0.2) is 46.8 Å². The number of nitrogens with one attached hydrogen (secondary N) is 1. The van der Waals surface area contributed by atoms with Crippen LogP contribution in [-0.2, 0) is 13.5 Å². The Morgan fingerprint density at radius 1 is 1.36 bits per heavy atom. The van der Waals surface area contributed by atoms with Gasteiger partial charge in [0.05, 0.1) is 6.20 Å². The fourth-order valence-corrected chi connectivity index (χ4v) is 3.98. The van der Waals surface area contributed by atoms with Crippen molar-refractivity contribution < 1.29 is 0 Å². The van der Waals surface area contributed by atoms with E-state index in [1.165, 1.54) is 5.56 Å². The molecule has 8 heteroatoms. The molecule has 5 nitrogen and oxygen atoms in total. The third-order valence-corrected chi connectivity index (χ3v) is 5.49. The van der Waals surface area contributed by atoms with Crippen LogP contribution >= 0.6 is 47.2 Å². The molecule has 1 aromatic carbocycles. The van der Waals surface area contributed by atoms with Gasteiger partial charge in [-0.1, -0.05) is 29.3 Å². The Labute approximate surface area is 194 Å². The topological polar surface area (TPSA) is 45.5 Å². The first-order valence-electron chi connectivity index (χ1n) is 9.52. The van der Waals surface area contributed by atoms with Gasteiger partial charge in [0.2, 0.25) is 0 Å². The maximum absolute atomic E-state index is 6.25. The minimum atomic E-state index is 0. The third-order valence-electron chi connectivity index (χ3n) is 4.90. The summed E-state index contributed by atoms with van der Waals surface area (Å²) in [5.74, 6) is 1.53. The number of aromatic nitrogens is 2. The largest absolute Gasteiger partial charge is 0.357 e. The number of aliphatic imine (C=N–C) groups is 1. The van der Waals surface area contributed by atoms with Gasteiger partial charge in [-0.2, -0.15) is 5.10 Å². The molecule has 0 radical (unpaired) electrons. The van der Waals surface area contributed by atoms with Gasteiger partial charge in [-0.05, 0) is 49.4 Å². The molecule has 1 fully saturated rings. The number of likely N-dealkylation sites (tertiary alicyclic amines) is 1. The monoisotopic (exact) mass is 535 g/mol. The van der Waals surface area contributed by atoms with Gasteiger partial charge in [-0.25, -0.2) is 0 Å². The van der Waals surface area contributed by atoms with Crippen LogP contribution < -0.4 is 5.32 Å². The SMILES string of the molecule is CCNC(=NCCCc1ccc(Cl)cc1Cl)N1CCC(c2cnn(C)c2)C1.I. The summed E-state index contributed by atoms with van der Waals surface area (Å²) >= 11 is 12.2. The molecular formula is C20H28Cl2IN5. The lowest BCUT2D eigenvalue weighted by Gasteiger charge is -2.21. The number of benzene rings is 1. The number of halogens is 3. The first kappa shape index (κ1) is 23.3. The van der Waals surface area contributed by atoms with Crippen molar-refractivity contribution in [2.75, 3.05) is 26.2 Å². The van der Waals surface area contributed by atoms with Crippen LogP contribution in [0.1, 0.15) is 36.8 Å². The summed E-state index contributed by atoms with van der Waals surface area (Å²) in [4.78, 5) is 7.19. The standard InChI is InChI=1S/C20H27Cl2N5.HI/c1-3-23-20(24-9-4-5-15-6-7-18(21)11-19(15)22)27-10-8-16(14-27)17-12-25-26(2)13-17;/h6-7,11-13,16H,3-5,8-10,14H2,1-2H3,(H,23,24);1H. The van der Waals surface area contributed by atoms with E-state index in [1.807, 2.05) is 30.1 Å². The molecule has 2 aromatic rings. The quantitative estimate of drug-likeness (QED) is 0.252. The Morgan fingerprint density at radius 3 is 2.86 bits per heavy atom. The number of hydrogen-bond donors (Lipinski definition) is 1. The lowest BCUT2D eigenvalue weighted by molar-refractivity contribution is 0.485. The predicted molar refractivity (Wildman–Crippen MR) is 128 cm³/mol. The van der Waals surface area contributed by atoms with Gasteiger partial charge in [0.1, 0.15) is 0 Å². The van der Waals surface area contributed by atoms with E-state index in [4.69, 9.17) is 28.2 Å². The molecule has 0 saturated carbocycles. The molecule has 0 amide bonds. The van der Waals surface area contributed by atoms with Gasteiger partial charge in [0.25, 0.3) is 0 Å². The van der Waals surface area contributed by atoms with Crippen molar-refractivity contribution in [2.45, 2.75) is 32.1 Å². The average Bonchev–Trinajstić information content (AvgIpc) is 3.28. The molecule has 1 aliphatic heterocycles. The van der Waals surface area contributed by atoms with E-state index >= 15 is 0 Å². The van der Waals surface area contributed by atoms with Crippen LogP contribution in [0.5, 0.6) is 0 Å². The molecule has 1 aliphatic rings. The number of guanidine groups is 1. The van der Waals surface area contributed by atoms with Crippen molar-refractivity contribution >= 4 is 53.1 Å². The molecule has 0 aliphatic carbocycles. The summed E-state index contributed by atoms with van der Waals surface area (Å²) in [6.07, 6.45) is 7.09.